The molecular formula is C16H12Br2O3. The van der Waals surface area contributed by atoms with E-state index in [0.717, 1.165) is 20.3 Å². The molecule has 1 heterocycles. The van der Waals surface area contributed by atoms with Crippen LogP contribution in [-0.4, -0.2) is 12.9 Å². The minimum Gasteiger partial charge on any atom is -0.496 e. The molecular weight excluding hydrogens is 400 g/mol. The average Bonchev–Trinajstić information content (AvgIpc) is 2.47. The Morgan fingerprint density at radius 2 is 1.86 bits per heavy atom. The molecule has 0 amide bonds. The minimum atomic E-state index is -0.335. The molecule has 0 aromatic heterocycles. The first kappa shape index (κ1) is 14.6. The summed E-state index contributed by atoms with van der Waals surface area (Å²) in [5.41, 5.74) is 1.49. The van der Waals surface area contributed by atoms with Crippen LogP contribution in [0.1, 0.15) is 28.4 Å². The highest BCUT2D eigenvalue weighted by Crippen LogP contribution is 2.39. The molecule has 108 valence electrons. The van der Waals surface area contributed by atoms with Gasteiger partial charge in [0.1, 0.15) is 17.6 Å². The summed E-state index contributed by atoms with van der Waals surface area (Å²) in [6.45, 7) is 0. The van der Waals surface area contributed by atoms with Crippen molar-refractivity contribution in [3.63, 3.8) is 0 Å². The molecule has 1 aliphatic rings. The average molecular weight is 412 g/mol. The fourth-order valence-electron chi connectivity index (χ4n) is 2.43. The fraction of sp³-hybridized carbons (Fsp3) is 0.188. The lowest BCUT2D eigenvalue weighted by atomic mass is 9.96. The molecule has 1 aliphatic heterocycles. The van der Waals surface area contributed by atoms with E-state index in [-0.39, 0.29) is 11.9 Å². The molecule has 0 aliphatic carbocycles. The van der Waals surface area contributed by atoms with Gasteiger partial charge in [0.05, 0.1) is 19.1 Å². The van der Waals surface area contributed by atoms with Gasteiger partial charge in [0.2, 0.25) is 0 Å². The van der Waals surface area contributed by atoms with Crippen molar-refractivity contribution in [1.29, 1.82) is 0 Å². The van der Waals surface area contributed by atoms with Crippen molar-refractivity contribution < 1.29 is 14.3 Å². The molecule has 21 heavy (non-hydrogen) atoms. The van der Waals surface area contributed by atoms with E-state index in [9.17, 15) is 4.79 Å². The summed E-state index contributed by atoms with van der Waals surface area (Å²) in [7, 11) is 1.61. The number of carbonyl (C=O) groups is 1. The van der Waals surface area contributed by atoms with Crippen LogP contribution in [0, 0.1) is 0 Å². The molecule has 1 atom stereocenters. The summed E-state index contributed by atoms with van der Waals surface area (Å²) in [5, 5.41) is 0. The van der Waals surface area contributed by atoms with Crippen LogP contribution in [0.15, 0.2) is 45.3 Å². The van der Waals surface area contributed by atoms with E-state index in [4.69, 9.17) is 9.47 Å². The number of carbonyl (C=O) groups excluding carboxylic acids is 1. The van der Waals surface area contributed by atoms with Crippen LogP contribution in [-0.2, 0) is 0 Å². The highest BCUT2D eigenvalue weighted by molar-refractivity contribution is 9.10. The molecule has 3 nitrogen and oxygen atoms in total. The molecule has 0 fully saturated rings. The number of methoxy groups -OCH3 is 1. The normalized spacial score (nSPS) is 17.1. The molecule has 5 heteroatoms. The van der Waals surface area contributed by atoms with Gasteiger partial charge in [-0.1, -0.05) is 31.9 Å². The third kappa shape index (κ3) is 2.85. The Morgan fingerprint density at radius 1 is 1.14 bits per heavy atom. The number of ether oxygens (including phenoxy) is 2. The summed E-state index contributed by atoms with van der Waals surface area (Å²) in [6, 6.07) is 11.2. The van der Waals surface area contributed by atoms with Gasteiger partial charge in [-0.3, -0.25) is 4.79 Å². The lowest BCUT2D eigenvalue weighted by Gasteiger charge is -2.26. The Kier molecular flexibility index (Phi) is 4.04. The number of ketones is 1. The van der Waals surface area contributed by atoms with E-state index < -0.39 is 0 Å². The van der Waals surface area contributed by atoms with Gasteiger partial charge in [-0.05, 0) is 36.4 Å². The third-order valence-electron chi connectivity index (χ3n) is 3.42. The van der Waals surface area contributed by atoms with Crippen LogP contribution in [0.2, 0.25) is 0 Å². The van der Waals surface area contributed by atoms with Crippen molar-refractivity contribution in [2.45, 2.75) is 12.5 Å². The largest absolute Gasteiger partial charge is 0.496 e. The maximum absolute atomic E-state index is 12.4. The SMILES string of the molecule is COc1ccc(Br)cc1C1CC(=O)c2cc(Br)ccc2O1. The van der Waals surface area contributed by atoms with Gasteiger partial charge in [0, 0.05) is 14.5 Å². The zero-order valence-electron chi connectivity index (χ0n) is 11.2. The van der Waals surface area contributed by atoms with E-state index >= 15 is 0 Å². The minimum absolute atomic E-state index is 0.0737. The van der Waals surface area contributed by atoms with Crippen LogP contribution in [0.25, 0.3) is 0 Å². The Hall–Kier alpha value is -1.33. The quantitative estimate of drug-likeness (QED) is 0.702. The maximum atomic E-state index is 12.4. The number of halogens is 2. The number of fused-ring (bicyclic) bond motifs is 1. The van der Waals surface area contributed by atoms with E-state index in [0.29, 0.717) is 17.7 Å². The first-order valence-electron chi connectivity index (χ1n) is 6.41. The van der Waals surface area contributed by atoms with Crippen molar-refractivity contribution in [3.05, 3.63) is 56.5 Å². The Balaban J connectivity index is 2.01. The summed E-state index contributed by atoms with van der Waals surface area (Å²) >= 11 is 6.82. The number of hydrogen-bond acceptors (Lipinski definition) is 3. The Bertz CT molecular complexity index is 713. The Morgan fingerprint density at radius 3 is 2.62 bits per heavy atom. The van der Waals surface area contributed by atoms with E-state index in [2.05, 4.69) is 31.9 Å². The predicted octanol–water partition coefficient (Wildman–Crippen LogP) is 4.93. The molecule has 0 saturated heterocycles. The van der Waals surface area contributed by atoms with Gasteiger partial charge in [0.15, 0.2) is 5.78 Å². The van der Waals surface area contributed by atoms with Gasteiger partial charge < -0.3 is 9.47 Å². The second kappa shape index (κ2) is 5.81. The highest BCUT2D eigenvalue weighted by atomic mass is 79.9. The molecule has 0 N–H and O–H groups in total. The van der Waals surface area contributed by atoms with E-state index in [1.807, 2.05) is 30.3 Å². The molecule has 0 radical (unpaired) electrons. The lowest BCUT2D eigenvalue weighted by Crippen LogP contribution is -2.20. The van der Waals surface area contributed by atoms with Gasteiger partial charge in [-0.2, -0.15) is 0 Å². The van der Waals surface area contributed by atoms with Crippen molar-refractivity contribution in [1.82, 2.24) is 0 Å². The van der Waals surface area contributed by atoms with E-state index in [1.54, 1.807) is 13.2 Å². The monoisotopic (exact) mass is 410 g/mol. The second-order valence-electron chi connectivity index (χ2n) is 4.76. The predicted molar refractivity (Wildman–Crippen MR) is 87.2 cm³/mol. The van der Waals surface area contributed by atoms with Crippen LogP contribution >= 0.6 is 31.9 Å². The zero-order chi connectivity index (χ0) is 15.0. The van der Waals surface area contributed by atoms with Crippen LogP contribution in [0.5, 0.6) is 11.5 Å². The molecule has 0 saturated carbocycles. The van der Waals surface area contributed by atoms with Crippen molar-refractivity contribution in [2.75, 3.05) is 7.11 Å². The molecule has 1 unspecified atom stereocenters. The smallest absolute Gasteiger partial charge is 0.170 e. The topological polar surface area (TPSA) is 35.5 Å². The second-order valence-corrected chi connectivity index (χ2v) is 6.59. The van der Waals surface area contributed by atoms with E-state index in [1.165, 1.54) is 0 Å². The van der Waals surface area contributed by atoms with Crippen LogP contribution < -0.4 is 9.47 Å². The van der Waals surface area contributed by atoms with Gasteiger partial charge in [0.25, 0.3) is 0 Å². The summed E-state index contributed by atoms with van der Waals surface area (Å²) in [4.78, 5) is 12.4. The zero-order valence-corrected chi connectivity index (χ0v) is 14.4. The summed E-state index contributed by atoms with van der Waals surface area (Å²) in [6.07, 6.45) is -0.0328. The summed E-state index contributed by atoms with van der Waals surface area (Å²) < 4.78 is 13.2. The molecule has 2 aromatic carbocycles. The maximum Gasteiger partial charge on any atom is 0.170 e. The molecule has 0 spiro atoms. The Labute approximate surface area is 139 Å². The van der Waals surface area contributed by atoms with Crippen molar-refractivity contribution in [2.24, 2.45) is 0 Å². The van der Waals surface area contributed by atoms with Gasteiger partial charge >= 0.3 is 0 Å². The van der Waals surface area contributed by atoms with Crippen molar-refractivity contribution in [3.8, 4) is 11.5 Å². The number of benzene rings is 2. The van der Waals surface area contributed by atoms with Crippen LogP contribution in [0.3, 0.4) is 0 Å². The summed E-state index contributed by atoms with van der Waals surface area (Å²) in [5.74, 6) is 1.41. The van der Waals surface area contributed by atoms with Gasteiger partial charge in [-0.25, -0.2) is 0 Å². The first-order valence-corrected chi connectivity index (χ1v) is 8.00. The molecule has 3 rings (SSSR count). The first-order chi connectivity index (χ1) is 10.1. The lowest BCUT2D eigenvalue weighted by molar-refractivity contribution is 0.0847. The third-order valence-corrected chi connectivity index (χ3v) is 4.41. The number of Topliss-reactive ketones (excluding diaryl/α,β-unsaturated/α-hetero) is 1. The molecule has 2 aromatic rings. The van der Waals surface area contributed by atoms with Crippen LogP contribution in [0.4, 0.5) is 0 Å². The van der Waals surface area contributed by atoms with Gasteiger partial charge in [-0.15, -0.1) is 0 Å². The molecule has 0 bridgehead atoms. The van der Waals surface area contributed by atoms with Crippen molar-refractivity contribution >= 4 is 37.6 Å². The highest BCUT2D eigenvalue weighted by Gasteiger charge is 2.29. The fourth-order valence-corrected chi connectivity index (χ4v) is 3.17. The number of hydrogen-bond donors (Lipinski definition) is 0. The number of rotatable bonds is 2. The standard InChI is InChI=1S/C16H12Br2O3/c1-20-14-4-2-10(18)7-12(14)16-8-13(19)11-6-9(17)3-5-15(11)21-16/h2-7,16H,8H2,1H3.